The van der Waals surface area contributed by atoms with Gasteiger partial charge < -0.3 is 15.0 Å². The smallest absolute Gasteiger partial charge is 0.115 e. The van der Waals surface area contributed by atoms with Gasteiger partial charge in [-0.25, -0.2) is 0 Å². The van der Waals surface area contributed by atoms with Gasteiger partial charge in [0.2, 0.25) is 0 Å². The number of benzene rings is 2. The van der Waals surface area contributed by atoms with Crippen molar-refractivity contribution in [2.75, 3.05) is 0 Å². The predicted octanol–water partition coefficient (Wildman–Crippen LogP) is 5.58. The third kappa shape index (κ3) is 7.88. The minimum Gasteiger partial charge on any atom is -0.508 e. The summed E-state index contributed by atoms with van der Waals surface area (Å²) in [6.07, 6.45) is 1.11. The average Bonchev–Trinajstić information content (AvgIpc) is 2.57. The van der Waals surface area contributed by atoms with Crippen LogP contribution in [0.3, 0.4) is 0 Å². The number of phenols is 2. The fourth-order valence-corrected chi connectivity index (χ4v) is 2.08. The molecule has 0 bridgehead atoms. The SMILES string of the molecule is C=O.CC(C)(C)c1ccc(O)cc1.CCC(C)(C)c1ccc(O)cc1. The predicted molar refractivity (Wildman–Crippen MR) is 105 cm³/mol. The van der Waals surface area contributed by atoms with E-state index >= 15 is 0 Å². The van der Waals surface area contributed by atoms with Crippen molar-refractivity contribution in [3.63, 3.8) is 0 Å². The lowest BCUT2D eigenvalue weighted by atomic mass is 9.82. The Morgan fingerprint density at radius 3 is 1.32 bits per heavy atom. The zero-order valence-electron chi connectivity index (χ0n) is 16.3. The van der Waals surface area contributed by atoms with Crippen LogP contribution in [0.15, 0.2) is 48.5 Å². The molecule has 0 aromatic heterocycles. The maximum atomic E-state index is 9.10. The van der Waals surface area contributed by atoms with Crippen LogP contribution in [0.2, 0.25) is 0 Å². The highest BCUT2D eigenvalue weighted by Gasteiger charge is 2.17. The number of rotatable bonds is 2. The molecular formula is C22H32O3. The summed E-state index contributed by atoms with van der Waals surface area (Å²) in [6, 6.07) is 14.8. The van der Waals surface area contributed by atoms with Gasteiger partial charge >= 0.3 is 0 Å². The van der Waals surface area contributed by atoms with Crippen LogP contribution in [0.1, 0.15) is 59.1 Å². The first-order valence-electron chi connectivity index (χ1n) is 8.44. The van der Waals surface area contributed by atoms with Gasteiger partial charge in [-0.05, 0) is 52.6 Å². The summed E-state index contributed by atoms with van der Waals surface area (Å²) in [5, 5.41) is 18.1. The van der Waals surface area contributed by atoms with Gasteiger partial charge in [-0.1, -0.05) is 65.8 Å². The van der Waals surface area contributed by atoms with Crippen LogP contribution in [0.5, 0.6) is 11.5 Å². The van der Waals surface area contributed by atoms with E-state index in [2.05, 4.69) is 41.5 Å². The molecule has 0 saturated carbocycles. The monoisotopic (exact) mass is 344 g/mol. The lowest BCUT2D eigenvalue weighted by Crippen LogP contribution is -2.14. The van der Waals surface area contributed by atoms with Crippen molar-refractivity contribution in [2.24, 2.45) is 0 Å². The van der Waals surface area contributed by atoms with Crippen molar-refractivity contribution < 1.29 is 15.0 Å². The summed E-state index contributed by atoms with van der Waals surface area (Å²) in [7, 11) is 0. The van der Waals surface area contributed by atoms with Gasteiger partial charge in [0, 0.05) is 0 Å². The number of hydrogen-bond acceptors (Lipinski definition) is 3. The largest absolute Gasteiger partial charge is 0.508 e. The normalized spacial score (nSPS) is 10.8. The van der Waals surface area contributed by atoms with Crippen LogP contribution < -0.4 is 0 Å². The molecule has 0 heterocycles. The van der Waals surface area contributed by atoms with Gasteiger partial charge in [0.05, 0.1) is 0 Å². The molecule has 138 valence electrons. The summed E-state index contributed by atoms with van der Waals surface area (Å²) >= 11 is 0. The van der Waals surface area contributed by atoms with Gasteiger partial charge in [-0.2, -0.15) is 0 Å². The first-order chi connectivity index (χ1) is 11.6. The Kier molecular flexibility index (Phi) is 8.97. The highest BCUT2D eigenvalue weighted by Crippen LogP contribution is 2.27. The van der Waals surface area contributed by atoms with Crippen LogP contribution in [0, 0.1) is 0 Å². The van der Waals surface area contributed by atoms with Gasteiger partial charge in [0.1, 0.15) is 18.3 Å². The summed E-state index contributed by atoms with van der Waals surface area (Å²) < 4.78 is 0. The van der Waals surface area contributed by atoms with E-state index in [1.165, 1.54) is 11.1 Å². The lowest BCUT2D eigenvalue weighted by molar-refractivity contribution is -0.0979. The van der Waals surface area contributed by atoms with Crippen molar-refractivity contribution in [1.82, 2.24) is 0 Å². The lowest BCUT2D eigenvalue weighted by Gasteiger charge is -2.22. The van der Waals surface area contributed by atoms with Gasteiger partial charge in [-0.15, -0.1) is 0 Å². The second-order valence-corrected chi connectivity index (χ2v) is 7.58. The first kappa shape index (κ1) is 22.7. The van der Waals surface area contributed by atoms with Crippen LogP contribution in [0.4, 0.5) is 0 Å². The molecule has 2 N–H and O–H groups in total. The Labute approximate surface area is 152 Å². The van der Waals surface area contributed by atoms with Crippen molar-refractivity contribution in [3.8, 4) is 11.5 Å². The molecular weight excluding hydrogens is 312 g/mol. The van der Waals surface area contributed by atoms with Gasteiger partial charge in [0.25, 0.3) is 0 Å². The Bertz CT molecular complexity index is 605. The highest BCUT2D eigenvalue weighted by molar-refractivity contribution is 5.31. The number of carbonyl (C=O) groups excluding carboxylic acids is 1. The van der Waals surface area contributed by atoms with Crippen molar-refractivity contribution in [1.29, 1.82) is 0 Å². The Morgan fingerprint density at radius 1 is 0.720 bits per heavy atom. The topological polar surface area (TPSA) is 57.5 Å². The second kappa shape index (κ2) is 9.87. The van der Waals surface area contributed by atoms with Crippen molar-refractivity contribution in [3.05, 3.63) is 59.7 Å². The number of hydrogen-bond donors (Lipinski definition) is 2. The zero-order valence-corrected chi connectivity index (χ0v) is 16.3. The molecule has 3 heteroatoms. The van der Waals surface area contributed by atoms with E-state index in [4.69, 9.17) is 15.0 Å². The molecule has 2 aromatic rings. The number of carbonyl (C=O) groups is 1. The Morgan fingerprint density at radius 2 is 1.04 bits per heavy atom. The summed E-state index contributed by atoms with van der Waals surface area (Å²) in [5.74, 6) is 0.670. The third-order valence-corrected chi connectivity index (χ3v) is 4.27. The third-order valence-electron chi connectivity index (χ3n) is 4.27. The van der Waals surface area contributed by atoms with E-state index < -0.39 is 0 Å². The minimum atomic E-state index is 0.174. The van der Waals surface area contributed by atoms with Crippen molar-refractivity contribution in [2.45, 2.75) is 58.8 Å². The fraction of sp³-hybridized carbons (Fsp3) is 0.409. The van der Waals surface area contributed by atoms with Crippen LogP contribution >= 0.6 is 0 Å². The molecule has 25 heavy (non-hydrogen) atoms. The summed E-state index contributed by atoms with van der Waals surface area (Å²) in [6.45, 7) is 15.0. The quantitative estimate of drug-likeness (QED) is 0.747. The zero-order chi connectivity index (χ0) is 19.7. The maximum absolute atomic E-state index is 9.10. The molecule has 2 rings (SSSR count). The highest BCUT2D eigenvalue weighted by atomic mass is 16.3. The standard InChI is InChI=1S/C11H16O.C10H14O.CH2O/c1-4-11(2,3)9-5-7-10(12)8-6-9;1-10(2,3)8-4-6-9(11)7-5-8;1-2/h5-8,12H,4H2,1-3H3;4-7,11H,1-3H3;1H2. The van der Waals surface area contributed by atoms with E-state index in [1.807, 2.05) is 31.1 Å². The number of phenolic OH excluding ortho intramolecular Hbond substituents is 2. The molecule has 0 unspecified atom stereocenters. The fourth-order valence-electron chi connectivity index (χ4n) is 2.08. The van der Waals surface area contributed by atoms with E-state index in [1.54, 1.807) is 24.3 Å². The number of aromatic hydroxyl groups is 2. The minimum absolute atomic E-state index is 0.174. The first-order valence-corrected chi connectivity index (χ1v) is 8.44. The Balaban J connectivity index is 0.000000421. The molecule has 0 amide bonds. The molecule has 0 radical (unpaired) electrons. The van der Waals surface area contributed by atoms with Gasteiger partial charge in [0.15, 0.2) is 0 Å². The van der Waals surface area contributed by atoms with E-state index in [9.17, 15) is 0 Å². The summed E-state index contributed by atoms with van der Waals surface area (Å²) in [4.78, 5) is 8.00. The molecule has 3 nitrogen and oxygen atoms in total. The molecule has 0 atom stereocenters. The van der Waals surface area contributed by atoms with Crippen LogP contribution in [-0.2, 0) is 15.6 Å². The molecule has 0 aliphatic carbocycles. The van der Waals surface area contributed by atoms with Crippen LogP contribution in [0.25, 0.3) is 0 Å². The van der Waals surface area contributed by atoms with Crippen LogP contribution in [-0.4, -0.2) is 17.0 Å². The van der Waals surface area contributed by atoms with Crippen molar-refractivity contribution >= 4 is 6.79 Å². The molecule has 0 fully saturated rings. The molecule has 0 spiro atoms. The summed E-state index contributed by atoms with van der Waals surface area (Å²) in [5.41, 5.74) is 2.92. The van der Waals surface area contributed by atoms with E-state index in [-0.39, 0.29) is 10.8 Å². The average molecular weight is 344 g/mol. The van der Waals surface area contributed by atoms with E-state index in [0.29, 0.717) is 11.5 Å². The molecule has 0 aliphatic rings. The maximum Gasteiger partial charge on any atom is 0.115 e. The molecule has 0 saturated heterocycles. The second-order valence-electron chi connectivity index (χ2n) is 7.58. The Hall–Kier alpha value is -2.29. The van der Waals surface area contributed by atoms with E-state index in [0.717, 1.165) is 6.42 Å². The molecule has 0 aliphatic heterocycles. The van der Waals surface area contributed by atoms with Gasteiger partial charge in [-0.3, -0.25) is 0 Å². The molecule has 2 aromatic carbocycles.